The number of benzene rings is 2. The first-order chi connectivity index (χ1) is 15.5. The highest BCUT2D eigenvalue weighted by molar-refractivity contribution is 5.91. The van der Waals surface area contributed by atoms with Gasteiger partial charge in [0.15, 0.2) is 0 Å². The summed E-state index contributed by atoms with van der Waals surface area (Å²) in [5, 5.41) is 2.68. The summed E-state index contributed by atoms with van der Waals surface area (Å²) >= 11 is 0. The standard InChI is InChI=1S/C25H30N2O5/c1-18(2)16-32-25(30)26-22(20-12-7-4-8-13-20)23(28)27-15-9-14-21(27)24(29)31-17-19-10-5-3-6-11-19/h3-8,10-13,18,21-22H,9,14-17H2,1-2H3,(H,26,30)/t21-,22+/m0/s1. The number of likely N-dealkylation sites (tertiary alicyclic amines) is 1. The monoisotopic (exact) mass is 438 g/mol. The number of amides is 2. The van der Waals surface area contributed by atoms with Crippen molar-refractivity contribution in [1.29, 1.82) is 0 Å². The summed E-state index contributed by atoms with van der Waals surface area (Å²) in [5.74, 6) is -0.611. The van der Waals surface area contributed by atoms with Crippen LogP contribution in [0.5, 0.6) is 0 Å². The van der Waals surface area contributed by atoms with Gasteiger partial charge in [0.1, 0.15) is 18.7 Å². The van der Waals surface area contributed by atoms with E-state index in [2.05, 4.69) is 5.32 Å². The first-order valence-electron chi connectivity index (χ1n) is 10.9. The molecule has 2 aromatic rings. The molecule has 2 amide bonds. The Morgan fingerprint density at radius 2 is 1.66 bits per heavy atom. The molecule has 32 heavy (non-hydrogen) atoms. The summed E-state index contributed by atoms with van der Waals surface area (Å²) in [4.78, 5) is 40.1. The van der Waals surface area contributed by atoms with Crippen LogP contribution in [0.3, 0.4) is 0 Å². The van der Waals surface area contributed by atoms with Crippen molar-refractivity contribution in [2.45, 2.75) is 45.4 Å². The Bertz CT molecular complexity index is 901. The number of carbonyl (C=O) groups excluding carboxylic acids is 3. The van der Waals surface area contributed by atoms with Gasteiger partial charge in [-0.2, -0.15) is 0 Å². The molecule has 2 aromatic carbocycles. The minimum atomic E-state index is -0.946. The van der Waals surface area contributed by atoms with E-state index in [0.29, 0.717) is 24.9 Å². The molecule has 1 aliphatic heterocycles. The number of rotatable bonds is 8. The predicted octanol–water partition coefficient (Wildman–Crippen LogP) is 3.84. The van der Waals surface area contributed by atoms with Crippen LogP contribution < -0.4 is 5.32 Å². The lowest BCUT2D eigenvalue weighted by molar-refractivity contribution is -0.155. The molecule has 3 rings (SSSR count). The van der Waals surface area contributed by atoms with Gasteiger partial charge in [-0.05, 0) is 29.9 Å². The number of nitrogens with one attached hydrogen (secondary N) is 1. The average Bonchev–Trinajstić information content (AvgIpc) is 3.30. The van der Waals surface area contributed by atoms with Crippen molar-refractivity contribution < 1.29 is 23.9 Å². The molecule has 0 aliphatic carbocycles. The Balaban J connectivity index is 1.70. The molecule has 170 valence electrons. The zero-order valence-corrected chi connectivity index (χ0v) is 18.5. The highest BCUT2D eigenvalue weighted by atomic mass is 16.5. The maximum Gasteiger partial charge on any atom is 0.408 e. The van der Waals surface area contributed by atoms with Crippen LogP contribution in [0, 0.1) is 5.92 Å². The van der Waals surface area contributed by atoms with Crippen LogP contribution in [0.1, 0.15) is 43.9 Å². The number of carbonyl (C=O) groups is 3. The fourth-order valence-electron chi connectivity index (χ4n) is 3.60. The van der Waals surface area contributed by atoms with Crippen molar-refractivity contribution in [3.63, 3.8) is 0 Å². The quantitative estimate of drug-likeness (QED) is 0.633. The van der Waals surface area contributed by atoms with Crippen LogP contribution in [-0.4, -0.2) is 42.1 Å². The molecule has 2 atom stereocenters. The van der Waals surface area contributed by atoms with Crippen LogP contribution in [-0.2, 0) is 25.7 Å². The second-order valence-electron chi connectivity index (χ2n) is 8.26. The zero-order valence-electron chi connectivity index (χ0n) is 18.5. The lowest BCUT2D eigenvalue weighted by Gasteiger charge is -2.28. The third kappa shape index (κ3) is 6.33. The molecule has 0 radical (unpaired) electrons. The molecule has 0 saturated carbocycles. The summed E-state index contributed by atoms with van der Waals surface area (Å²) in [6, 6.07) is 16.8. The molecule has 0 aromatic heterocycles. The lowest BCUT2D eigenvalue weighted by Crippen LogP contribution is -2.47. The highest BCUT2D eigenvalue weighted by Gasteiger charge is 2.39. The van der Waals surface area contributed by atoms with Gasteiger partial charge in [0.2, 0.25) is 0 Å². The molecule has 0 bridgehead atoms. The summed E-state index contributed by atoms with van der Waals surface area (Å²) in [7, 11) is 0. The van der Waals surface area contributed by atoms with Gasteiger partial charge in [-0.15, -0.1) is 0 Å². The van der Waals surface area contributed by atoms with Gasteiger partial charge in [-0.1, -0.05) is 74.5 Å². The number of hydrogen-bond donors (Lipinski definition) is 1. The van der Waals surface area contributed by atoms with E-state index < -0.39 is 24.1 Å². The molecule has 7 heteroatoms. The molecule has 1 aliphatic rings. The normalized spacial score (nSPS) is 16.5. The van der Waals surface area contributed by atoms with E-state index in [1.54, 1.807) is 24.3 Å². The van der Waals surface area contributed by atoms with E-state index in [1.807, 2.05) is 50.2 Å². The third-order valence-electron chi connectivity index (χ3n) is 5.22. The van der Waals surface area contributed by atoms with Crippen LogP contribution in [0.15, 0.2) is 60.7 Å². The van der Waals surface area contributed by atoms with Crippen molar-refractivity contribution in [2.75, 3.05) is 13.2 Å². The van der Waals surface area contributed by atoms with Crippen molar-refractivity contribution in [3.05, 3.63) is 71.8 Å². The number of alkyl carbamates (subject to hydrolysis) is 1. The number of nitrogens with zero attached hydrogens (tertiary/aromatic N) is 1. The van der Waals surface area contributed by atoms with E-state index in [0.717, 1.165) is 5.56 Å². The summed E-state index contributed by atoms with van der Waals surface area (Å²) < 4.78 is 10.7. The number of hydrogen-bond acceptors (Lipinski definition) is 5. The zero-order chi connectivity index (χ0) is 22.9. The lowest BCUT2D eigenvalue weighted by atomic mass is 10.1. The second-order valence-corrected chi connectivity index (χ2v) is 8.26. The van der Waals surface area contributed by atoms with E-state index in [4.69, 9.17) is 9.47 Å². The SMILES string of the molecule is CC(C)COC(=O)N[C@@H](C(=O)N1CCC[C@H]1C(=O)OCc1ccccc1)c1ccccc1. The first kappa shape index (κ1) is 23.3. The van der Waals surface area contributed by atoms with E-state index in [-0.39, 0.29) is 25.0 Å². The average molecular weight is 439 g/mol. The topological polar surface area (TPSA) is 84.9 Å². The molecule has 0 spiro atoms. The Hall–Kier alpha value is -3.35. The molecular weight excluding hydrogens is 408 g/mol. The third-order valence-corrected chi connectivity index (χ3v) is 5.22. The summed E-state index contributed by atoms with van der Waals surface area (Å²) in [5.41, 5.74) is 1.51. The maximum absolute atomic E-state index is 13.5. The molecule has 1 fully saturated rings. The van der Waals surface area contributed by atoms with E-state index >= 15 is 0 Å². The molecule has 7 nitrogen and oxygen atoms in total. The Labute approximate surface area is 188 Å². The van der Waals surface area contributed by atoms with Crippen molar-refractivity contribution in [3.8, 4) is 0 Å². The van der Waals surface area contributed by atoms with E-state index in [1.165, 1.54) is 4.90 Å². The second kappa shape index (κ2) is 11.3. The molecule has 1 N–H and O–H groups in total. The summed E-state index contributed by atoms with van der Waals surface area (Å²) in [6.07, 6.45) is 0.553. The minimum absolute atomic E-state index is 0.153. The fourth-order valence-corrected chi connectivity index (χ4v) is 3.60. The van der Waals surface area contributed by atoms with Crippen molar-refractivity contribution in [1.82, 2.24) is 10.2 Å². The number of ether oxygens (including phenoxy) is 2. The van der Waals surface area contributed by atoms with Crippen LogP contribution in [0.4, 0.5) is 4.79 Å². The van der Waals surface area contributed by atoms with Gasteiger partial charge in [0.05, 0.1) is 6.61 Å². The van der Waals surface area contributed by atoms with E-state index in [9.17, 15) is 14.4 Å². The van der Waals surface area contributed by atoms with Gasteiger partial charge in [0, 0.05) is 6.54 Å². The van der Waals surface area contributed by atoms with Gasteiger partial charge < -0.3 is 19.7 Å². The van der Waals surface area contributed by atoms with Crippen LogP contribution in [0.25, 0.3) is 0 Å². The van der Waals surface area contributed by atoms with Gasteiger partial charge in [-0.3, -0.25) is 4.79 Å². The molecule has 1 heterocycles. The van der Waals surface area contributed by atoms with Gasteiger partial charge in [0.25, 0.3) is 5.91 Å². The van der Waals surface area contributed by atoms with Gasteiger partial charge >= 0.3 is 12.1 Å². The largest absolute Gasteiger partial charge is 0.459 e. The highest BCUT2D eigenvalue weighted by Crippen LogP contribution is 2.25. The molecular formula is C25H30N2O5. The molecule has 1 saturated heterocycles. The Kier molecular flexibility index (Phi) is 8.25. The van der Waals surface area contributed by atoms with Crippen molar-refractivity contribution in [2.24, 2.45) is 5.92 Å². The van der Waals surface area contributed by atoms with Crippen LogP contribution >= 0.6 is 0 Å². The Morgan fingerprint density at radius 1 is 1.00 bits per heavy atom. The smallest absolute Gasteiger partial charge is 0.408 e. The molecule has 0 unspecified atom stereocenters. The van der Waals surface area contributed by atoms with Crippen molar-refractivity contribution >= 4 is 18.0 Å². The first-order valence-corrected chi connectivity index (χ1v) is 10.9. The van der Waals surface area contributed by atoms with Crippen LogP contribution in [0.2, 0.25) is 0 Å². The Morgan fingerprint density at radius 3 is 2.31 bits per heavy atom. The maximum atomic E-state index is 13.5. The predicted molar refractivity (Wildman–Crippen MR) is 119 cm³/mol. The fraction of sp³-hybridized carbons (Fsp3) is 0.400. The number of esters is 1. The minimum Gasteiger partial charge on any atom is -0.459 e. The van der Waals surface area contributed by atoms with Gasteiger partial charge in [-0.25, -0.2) is 9.59 Å². The summed E-state index contributed by atoms with van der Waals surface area (Å²) in [6.45, 7) is 4.70.